The van der Waals surface area contributed by atoms with Crippen molar-refractivity contribution < 1.29 is 9.59 Å². The summed E-state index contributed by atoms with van der Waals surface area (Å²) >= 11 is 0. The molecule has 1 aromatic carbocycles. The average Bonchev–Trinajstić information content (AvgIpc) is 2.44. The second-order valence-corrected chi connectivity index (χ2v) is 4.31. The summed E-state index contributed by atoms with van der Waals surface area (Å²) in [5.74, 6) is -0.349. The minimum absolute atomic E-state index is 0.0530. The quantitative estimate of drug-likeness (QED) is 0.814. The molecule has 104 valence electrons. The van der Waals surface area contributed by atoms with E-state index in [-0.39, 0.29) is 18.4 Å². The van der Waals surface area contributed by atoms with Crippen LogP contribution in [-0.4, -0.2) is 43.9 Å². The third kappa shape index (κ3) is 4.28. The number of nitrogens with zero attached hydrogens (tertiary/aromatic N) is 1. The summed E-state index contributed by atoms with van der Waals surface area (Å²) in [5, 5.41) is 5.72. The van der Waals surface area contributed by atoms with Crippen LogP contribution in [-0.2, 0) is 4.79 Å². The fourth-order valence-corrected chi connectivity index (χ4v) is 1.66. The number of para-hydroxylation sites is 1. The van der Waals surface area contributed by atoms with Crippen molar-refractivity contribution in [1.29, 1.82) is 0 Å². The van der Waals surface area contributed by atoms with E-state index in [1.54, 1.807) is 20.2 Å². The van der Waals surface area contributed by atoms with Crippen molar-refractivity contribution in [3.63, 3.8) is 0 Å². The summed E-state index contributed by atoms with van der Waals surface area (Å²) in [5.41, 5.74) is 1.39. The van der Waals surface area contributed by atoms with Crippen molar-refractivity contribution in [2.45, 2.75) is 13.3 Å². The Labute approximate surface area is 114 Å². The predicted molar refractivity (Wildman–Crippen MR) is 76.2 cm³/mol. The molecular formula is C14H21N3O2. The number of rotatable bonds is 6. The molecule has 0 bridgehead atoms. The highest BCUT2D eigenvalue weighted by Crippen LogP contribution is 2.16. The van der Waals surface area contributed by atoms with Crippen LogP contribution < -0.4 is 10.6 Å². The van der Waals surface area contributed by atoms with Crippen LogP contribution in [0.3, 0.4) is 0 Å². The normalized spacial score (nSPS) is 9.84. The zero-order valence-corrected chi connectivity index (χ0v) is 11.7. The van der Waals surface area contributed by atoms with E-state index >= 15 is 0 Å². The second-order valence-electron chi connectivity index (χ2n) is 4.31. The number of carbonyl (C=O) groups is 2. The van der Waals surface area contributed by atoms with E-state index in [0.29, 0.717) is 5.56 Å². The minimum Gasteiger partial charge on any atom is -0.384 e. The van der Waals surface area contributed by atoms with E-state index in [2.05, 4.69) is 17.6 Å². The van der Waals surface area contributed by atoms with Crippen LogP contribution in [0.2, 0.25) is 0 Å². The topological polar surface area (TPSA) is 61.4 Å². The van der Waals surface area contributed by atoms with Crippen molar-refractivity contribution in [3.8, 4) is 0 Å². The van der Waals surface area contributed by atoms with Gasteiger partial charge in [0, 0.05) is 26.3 Å². The third-order valence-corrected chi connectivity index (χ3v) is 2.73. The standard InChI is InChI=1S/C14H21N3O2/c1-4-9-16-12-8-6-5-7-11(12)14(19)17(3)10-13(18)15-2/h5-8,16H,4,9-10H2,1-3H3,(H,15,18). The lowest BCUT2D eigenvalue weighted by Gasteiger charge is -2.18. The van der Waals surface area contributed by atoms with Crippen LogP contribution in [0.5, 0.6) is 0 Å². The maximum Gasteiger partial charge on any atom is 0.256 e. The molecule has 5 nitrogen and oxygen atoms in total. The maximum atomic E-state index is 12.3. The molecule has 0 aliphatic rings. The molecule has 0 fully saturated rings. The molecule has 0 aliphatic carbocycles. The average molecular weight is 263 g/mol. The van der Waals surface area contributed by atoms with E-state index in [1.165, 1.54) is 4.90 Å². The molecule has 5 heteroatoms. The monoisotopic (exact) mass is 263 g/mol. The Morgan fingerprint density at radius 2 is 1.95 bits per heavy atom. The van der Waals surface area contributed by atoms with Gasteiger partial charge in [0.15, 0.2) is 0 Å². The van der Waals surface area contributed by atoms with Gasteiger partial charge in [0.25, 0.3) is 5.91 Å². The third-order valence-electron chi connectivity index (χ3n) is 2.73. The lowest BCUT2D eigenvalue weighted by molar-refractivity contribution is -0.121. The minimum atomic E-state index is -0.185. The smallest absolute Gasteiger partial charge is 0.256 e. The molecule has 19 heavy (non-hydrogen) atoms. The van der Waals surface area contributed by atoms with E-state index in [4.69, 9.17) is 0 Å². The lowest BCUT2D eigenvalue weighted by atomic mass is 10.1. The molecule has 0 heterocycles. The van der Waals surface area contributed by atoms with Gasteiger partial charge in [-0.1, -0.05) is 19.1 Å². The molecule has 1 rings (SSSR count). The Hall–Kier alpha value is -2.04. The number of carbonyl (C=O) groups excluding carboxylic acids is 2. The highest BCUT2D eigenvalue weighted by molar-refractivity contribution is 6.00. The predicted octanol–water partition coefficient (Wildman–Crippen LogP) is 1.33. The van der Waals surface area contributed by atoms with Crippen LogP contribution in [0, 0.1) is 0 Å². The van der Waals surface area contributed by atoms with Crippen LogP contribution >= 0.6 is 0 Å². The zero-order chi connectivity index (χ0) is 14.3. The van der Waals surface area contributed by atoms with Crippen LogP contribution in [0.4, 0.5) is 5.69 Å². The van der Waals surface area contributed by atoms with E-state index < -0.39 is 0 Å². The highest BCUT2D eigenvalue weighted by atomic mass is 16.2. The first-order valence-corrected chi connectivity index (χ1v) is 6.39. The summed E-state index contributed by atoms with van der Waals surface area (Å²) in [6.07, 6.45) is 0.983. The number of nitrogens with one attached hydrogen (secondary N) is 2. The Bertz CT molecular complexity index is 446. The Kier molecular flexibility index (Phi) is 5.85. The molecule has 1 aromatic rings. The number of hydrogen-bond donors (Lipinski definition) is 2. The zero-order valence-electron chi connectivity index (χ0n) is 11.7. The summed E-state index contributed by atoms with van der Waals surface area (Å²) in [7, 11) is 3.17. The fraction of sp³-hybridized carbons (Fsp3) is 0.429. The van der Waals surface area contributed by atoms with E-state index in [1.807, 2.05) is 18.2 Å². The van der Waals surface area contributed by atoms with E-state index in [9.17, 15) is 9.59 Å². The fourth-order valence-electron chi connectivity index (χ4n) is 1.66. The molecule has 0 aromatic heterocycles. The molecule has 0 atom stereocenters. The van der Waals surface area contributed by atoms with Crippen LogP contribution in [0.25, 0.3) is 0 Å². The molecule has 0 aliphatic heterocycles. The van der Waals surface area contributed by atoms with Crippen molar-refractivity contribution in [3.05, 3.63) is 29.8 Å². The molecule has 2 amide bonds. The first-order chi connectivity index (χ1) is 9.10. The van der Waals surface area contributed by atoms with Gasteiger partial charge in [-0.3, -0.25) is 9.59 Å². The molecule has 0 saturated carbocycles. The molecule has 0 unspecified atom stereocenters. The molecule has 2 N–H and O–H groups in total. The van der Waals surface area contributed by atoms with Crippen LogP contribution in [0.15, 0.2) is 24.3 Å². The van der Waals surface area contributed by atoms with Gasteiger partial charge in [-0.2, -0.15) is 0 Å². The number of anilines is 1. The van der Waals surface area contributed by atoms with Gasteiger partial charge >= 0.3 is 0 Å². The molecule has 0 saturated heterocycles. The van der Waals surface area contributed by atoms with Gasteiger partial charge < -0.3 is 15.5 Å². The van der Waals surface area contributed by atoms with Gasteiger partial charge in [-0.25, -0.2) is 0 Å². The first-order valence-electron chi connectivity index (χ1n) is 6.39. The maximum absolute atomic E-state index is 12.3. The van der Waals surface area contributed by atoms with Crippen LogP contribution in [0.1, 0.15) is 23.7 Å². The SMILES string of the molecule is CCCNc1ccccc1C(=O)N(C)CC(=O)NC. The number of benzene rings is 1. The number of likely N-dealkylation sites (N-methyl/N-ethyl adjacent to an activating group) is 2. The Morgan fingerprint density at radius 3 is 2.58 bits per heavy atom. The highest BCUT2D eigenvalue weighted by Gasteiger charge is 2.16. The summed E-state index contributed by atoms with van der Waals surface area (Å²) in [6.45, 7) is 2.93. The van der Waals surface area contributed by atoms with Crippen molar-refractivity contribution >= 4 is 17.5 Å². The van der Waals surface area contributed by atoms with Gasteiger partial charge in [-0.15, -0.1) is 0 Å². The van der Waals surface area contributed by atoms with Gasteiger partial charge in [-0.05, 0) is 18.6 Å². The van der Waals surface area contributed by atoms with Gasteiger partial charge in [0.05, 0.1) is 12.1 Å². The van der Waals surface area contributed by atoms with Gasteiger partial charge in [0.2, 0.25) is 5.91 Å². The Balaban J connectivity index is 2.83. The second kappa shape index (κ2) is 7.41. The molecule has 0 radical (unpaired) electrons. The largest absolute Gasteiger partial charge is 0.384 e. The number of hydrogen-bond acceptors (Lipinski definition) is 3. The molecule has 0 spiro atoms. The molecular weight excluding hydrogens is 242 g/mol. The first kappa shape index (κ1) is 15.0. The van der Waals surface area contributed by atoms with Crippen molar-refractivity contribution in [2.75, 3.05) is 32.5 Å². The van der Waals surface area contributed by atoms with Crippen molar-refractivity contribution in [1.82, 2.24) is 10.2 Å². The summed E-state index contributed by atoms with van der Waals surface area (Å²) < 4.78 is 0. The summed E-state index contributed by atoms with van der Waals surface area (Å²) in [4.78, 5) is 25.0. The van der Waals surface area contributed by atoms with Crippen molar-refractivity contribution in [2.24, 2.45) is 0 Å². The van der Waals surface area contributed by atoms with E-state index in [0.717, 1.165) is 18.7 Å². The van der Waals surface area contributed by atoms with Gasteiger partial charge in [0.1, 0.15) is 0 Å². The summed E-state index contributed by atoms with van der Waals surface area (Å²) in [6, 6.07) is 7.34. The number of amides is 2. The Morgan fingerprint density at radius 1 is 1.26 bits per heavy atom. The lowest BCUT2D eigenvalue weighted by Crippen LogP contribution is -2.37.